The molecule has 31 heavy (non-hydrogen) atoms. The molecule has 1 N–H and O–H groups in total. The lowest BCUT2D eigenvalue weighted by Gasteiger charge is -2.26. The molecule has 9 heteroatoms. The molecule has 0 saturated carbocycles. The van der Waals surface area contributed by atoms with Gasteiger partial charge < -0.3 is 9.88 Å². The Kier molecular flexibility index (Phi) is 6.33. The second kappa shape index (κ2) is 9.15. The van der Waals surface area contributed by atoms with Crippen LogP contribution in [0.15, 0.2) is 53.7 Å². The van der Waals surface area contributed by atoms with Crippen LogP contribution in [0.25, 0.3) is 11.0 Å². The zero-order valence-corrected chi connectivity index (χ0v) is 17.9. The largest absolute Gasteiger partial charge is 0.352 e. The van der Waals surface area contributed by atoms with Crippen molar-refractivity contribution < 1.29 is 17.6 Å². The van der Waals surface area contributed by atoms with E-state index in [1.165, 1.54) is 10.4 Å². The molecule has 3 aromatic rings. The SMILES string of the molecule is O=C(NCCCn1cnc2ccccc21)c1ccc(F)c(S(=O)(=O)N2CCCCC2)c1. The molecule has 0 atom stereocenters. The Labute approximate surface area is 180 Å². The van der Waals surface area contributed by atoms with Gasteiger partial charge in [0.2, 0.25) is 10.0 Å². The van der Waals surface area contributed by atoms with Gasteiger partial charge in [-0.3, -0.25) is 4.79 Å². The second-order valence-electron chi connectivity index (χ2n) is 7.65. The number of halogens is 1. The molecule has 1 amide bonds. The van der Waals surface area contributed by atoms with E-state index < -0.39 is 26.6 Å². The molecule has 2 heterocycles. The number of carbonyl (C=O) groups is 1. The first-order chi connectivity index (χ1) is 15.0. The summed E-state index contributed by atoms with van der Waals surface area (Å²) in [6, 6.07) is 11.3. The average Bonchev–Trinajstić information content (AvgIpc) is 3.20. The van der Waals surface area contributed by atoms with Crippen LogP contribution in [0.1, 0.15) is 36.0 Å². The van der Waals surface area contributed by atoms with Crippen molar-refractivity contribution in [3.8, 4) is 0 Å². The van der Waals surface area contributed by atoms with Gasteiger partial charge in [0.1, 0.15) is 10.7 Å². The van der Waals surface area contributed by atoms with Gasteiger partial charge in [0.05, 0.1) is 17.4 Å². The van der Waals surface area contributed by atoms with Crippen molar-refractivity contribution >= 4 is 27.0 Å². The lowest BCUT2D eigenvalue weighted by atomic mass is 10.2. The average molecular weight is 445 g/mol. The van der Waals surface area contributed by atoms with E-state index in [1.54, 1.807) is 6.33 Å². The van der Waals surface area contributed by atoms with Crippen LogP contribution in [-0.4, -0.2) is 47.8 Å². The molecule has 0 unspecified atom stereocenters. The number of hydrogen-bond acceptors (Lipinski definition) is 4. The van der Waals surface area contributed by atoms with Crippen molar-refractivity contribution in [2.24, 2.45) is 0 Å². The summed E-state index contributed by atoms with van der Waals surface area (Å²) in [6.45, 7) is 1.83. The van der Waals surface area contributed by atoms with E-state index in [0.29, 0.717) is 32.6 Å². The normalized spacial score (nSPS) is 15.3. The third kappa shape index (κ3) is 4.62. The molecular formula is C22H25FN4O3S. The van der Waals surface area contributed by atoms with Crippen LogP contribution in [0.5, 0.6) is 0 Å². The van der Waals surface area contributed by atoms with Gasteiger partial charge in [0.25, 0.3) is 5.91 Å². The van der Waals surface area contributed by atoms with Gasteiger partial charge >= 0.3 is 0 Å². The fraction of sp³-hybridized carbons (Fsp3) is 0.364. The summed E-state index contributed by atoms with van der Waals surface area (Å²) in [5.41, 5.74) is 2.07. The highest BCUT2D eigenvalue weighted by Crippen LogP contribution is 2.24. The number of nitrogens with one attached hydrogen (secondary N) is 1. The van der Waals surface area contributed by atoms with Crippen LogP contribution >= 0.6 is 0 Å². The second-order valence-corrected chi connectivity index (χ2v) is 9.55. The maximum Gasteiger partial charge on any atom is 0.251 e. The quantitative estimate of drug-likeness (QED) is 0.568. The van der Waals surface area contributed by atoms with Crippen molar-refractivity contribution in [3.63, 3.8) is 0 Å². The number of para-hydroxylation sites is 2. The zero-order chi connectivity index (χ0) is 21.8. The van der Waals surface area contributed by atoms with Crippen molar-refractivity contribution in [1.29, 1.82) is 0 Å². The molecule has 2 aromatic carbocycles. The number of hydrogen-bond donors (Lipinski definition) is 1. The van der Waals surface area contributed by atoms with E-state index in [-0.39, 0.29) is 5.56 Å². The molecule has 4 rings (SSSR count). The van der Waals surface area contributed by atoms with Gasteiger partial charge in [-0.05, 0) is 49.6 Å². The highest BCUT2D eigenvalue weighted by molar-refractivity contribution is 7.89. The molecule has 0 spiro atoms. The summed E-state index contributed by atoms with van der Waals surface area (Å²) in [5, 5.41) is 2.78. The molecule has 0 aliphatic carbocycles. The van der Waals surface area contributed by atoms with E-state index in [1.807, 2.05) is 28.8 Å². The van der Waals surface area contributed by atoms with Gasteiger partial charge in [-0.1, -0.05) is 18.6 Å². The molecule has 7 nitrogen and oxygen atoms in total. The highest BCUT2D eigenvalue weighted by Gasteiger charge is 2.29. The predicted octanol–water partition coefficient (Wildman–Crippen LogP) is 3.17. The summed E-state index contributed by atoms with van der Waals surface area (Å²) in [5.74, 6) is -1.26. The van der Waals surface area contributed by atoms with Crippen molar-refractivity contribution in [2.75, 3.05) is 19.6 Å². The van der Waals surface area contributed by atoms with Crippen molar-refractivity contribution in [2.45, 2.75) is 37.1 Å². The number of nitrogens with zero attached hydrogens (tertiary/aromatic N) is 3. The molecular weight excluding hydrogens is 419 g/mol. The topological polar surface area (TPSA) is 84.3 Å². The third-order valence-corrected chi connectivity index (χ3v) is 7.43. The number of fused-ring (bicyclic) bond motifs is 1. The van der Waals surface area contributed by atoms with Crippen LogP contribution in [0.2, 0.25) is 0 Å². The Bertz CT molecular complexity index is 1190. The van der Waals surface area contributed by atoms with Crippen molar-refractivity contribution in [1.82, 2.24) is 19.2 Å². The summed E-state index contributed by atoms with van der Waals surface area (Å²) >= 11 is 0. The summed E-state index contributed by atoms with van der Waals surface area (Å²) in [6.07, 6.45) is 4.92. The summed E-state index contributed by atoms with van der Waals surface area (Å²) < 4.78 is 43.3. The predicted molar refractivity (Wildman–Crippen MR) is 116 cm³/mol. The zero-order valence-electron chi connectivity index (χ0n) is 17.1. The van der Waals surface area contributed by atoms with E-state index >= 15 is 0 Å². The van der Waals surface area contributed by atoms with Gasteiger partial charge in [-0.25, -0.2) is 17.8 Å². The Balaban J connectivity index is 1.39. The third-order valence-electron chi connectivity index (χ3n) is 5.51. The van der Waals surface area contributed by atoms with E-state index in [9.17, 15) is 17.6 Å². The summed E-state index contributed by atoms with van der Waals surface area (Å²) in [7, 11) is -3.96. The number of imidazole rings is 1. The van der Waals surface area contributed by atoms with Crippen LogP contribution in [-0.2, 0) is 16.6 Å². The number of amides is 1. The Morgan fingerprint density at radius 3 is 2.68 bits per heavy atom. The minimum Gasteiger partial charge on any atom is -0.352 e. The molecule has 0 bridgehead atoms. The standard InChI is InChI=1S/C22H25FN4O3S/c23-18-10-9-17(15-21(18)31(29,30)27-13-4-1-5-14-27)22(28)24-11-6-12-26-16-25-19-7-2-3-8-20(19)26/h2-3,7-10,15-16H,1,4-6,11-14H2,(H,24,28). The molecule has 1 fully saturated rings. The first-order valence-corrected chi connectivity index (χ1v) is 11.9. The molecule has 1 saturated heterocycles. The number of rotatable bonds is 7. The number of benzene rings is 2. The van der Waals surface area contributed by atoms with Gasteiger partial charge in [0.15, 0.2) is 0 Å². The first-order valence-electron chi connectivity index (χ1n) is 10.4. The minimum atomic E-state index is -3.96. The van der Waals surface area contributed by atoms with E-state index in [2.05, 4.69) is 10.3 Å². The molecule has 1 aromatic heterocycles. The number of piperidine rings is 1. The smallest absolute Gasteiger partial charge is 0.251 e. The Morgan fingerprint density at radius 1 is 1.10 bits per heavy atom. The number of aryl methyl sites for hydroxylation is 1. The van der Waals surface area contributed by atoms with Gasteiger partial charge in [0, 0.05) is 31.7 Å². The maximum atomic E-state index is 14.3. The monoisotopic (exact) mass is 444 g/mol. The van der Waals surface area contributed by atoms with Crippen LogP contribution in [0.4, 0.5) is 4.39 Å². The van der Waals surface area contributed by atoms with Crippen LogP contribution < -0.4 is 5.32 Å². The van der Waals surface area contributed by atoms with Crippen molar-refractivity contribution in [3.05, 3.63) is 60.2 Å². The molecule has 0 radical (unpaired) electrons. The Hall–Kier alpha value is -2.78. The molecule has 1 aliphatic heterocycles. The number of aromatic nitrogens is 2. The lowest BCUT2D eigenvalue weighted by molar-refractivity contribution is 0.0952. The number of sulfonamides is 1. The minimum absolute atomic E-state index is 0.130. The molecule has 1 aliphatic rings. The number of carbonyl (C=O) groups excluding carboxylic acids is 1. The molecule has 164 valence electrons. The van der Waals surface area contributed by atoms with E-state index in [4.69, 9.17) is 0 Å². The van der Waals surface area contributed by atoms with Crippen LogP contribution in [0, 0.1) is 5.82 Å². The maximum absolute atomic E-state index is 14.3. The van der Waals surface area contributed by atoms with Crippen LogP contribution in [0.3, 0.4) is 0 Å². The van der Waals surface area contributed by atoms with Gasteiger partial charge in [-0.15, -0.1) is 0 Å². The fourth-order valence-corrected chi connectivity index (χ4v) is 5.44. The highest BCUT2D eigenvalue weighted by atomic mass is 32.2. The fourth-order valence-electron chi connectivity index (χ4n) is 3.83. The summed E-state index contributed by atoms with van der Waals surface area (Å²) in [4.78, 5) is 16.4. The first kappa shape index (κ1) is 21.5. The lowest BCUT2D eigenvalue weighted by Crippen LogP contribution is -2.36. The Morgan fingerprint density at radius 2 is 1.87 bits per heavy atom. The van der Waals surface area contributed by atoms with Gasteiger partial charge in [-0.2, -0.15) is 4.31 Å². The van der Waals surface area contributed by atoms with E-state index in [0.717, 1.165) is 42.4 Å².